The van der Waals surface area contributed by atoms with E-state index in [-0.39, 0.29) is 11.4 Å². The summed E-state index contributed by atoms with van der Waals surface area (Å²) in [5.74, 6) is 0.0243. The van der Waals surface area contributed by atoms with E-state index in [1.54, 1.807) is 0 Å². The quantitative estimate of drug-likeness (QED) is 0.872. The van der Waals surface area contributed by atoms with Gasteiger partial charge >= 0.3 is 0 Å². The summed E-state index contributed by atoms with van der Waals surface area (Å²) in [6.07, 6.45) is 0. The molecule has 2 rings (SSSR count). The monoisotopic (exact) mass is 290 g/mol. The third-order valence-electron chi connectivity index (χ3n) is 4.27. The molecular formula is C16H26N4O. The van der Waals surface area contributed by atoms with Crippen molar-refractivity contribution in [1.82, 2.24) is 9.80 Å². The van der Waals surface area contributed by atoms with Gasteiger partial charge in [-0.3, -0.25) is 14.6 Å². The fraction of sp³-hybridized carbons (Fsp3) is 0.562. The highest BCUT2D eigenvalue weighted by Gasteiger charge is 2.31. The van der Waals surface area contributed by atoms with Crippen LogP contribution in [0.5, 0.6) is 0 Å². The van der Waals surface area contributed by atoms with Crippen molar-refractivity contribution in [3.8, 4) is 0 Å². The highest BCUT2D eigenvalue weighted by atomic mass is 16.2. The van der Waals surface area contributed by atoms with Crippen molar-refractivity contribution in [2.24, 2.45) is 5.73 Å². The maximum absolute atomic E-state index is 12.2. The lowest BCUT2D eigenvalue weighted by Gasteiger charge is -2.45. The first-order valence-electron chi connectivity index (χ1n) is 7.44. The number of nitrogens with one attached hydrogen (secondary N) is 1. The van der Waals surface area contributed by atoms with Crippen LogP contribution in [0, 0.1) is 0 Å². The molecule has 1 saturated heterocycles. The maximum atomic E-state index is 12.2. The van der Waals surface area contributed by atoms with Crippen LogP contribution < -0.4 is 11.1 Å². The first kappa shape index (κ1) is 15.9. The number of para-hydroxylation sites is 1. The van der Waals surface area contributed by atoms with Gasteiger partial charge in [0.2, 0.25) is 5.91 Å². The van der Waals surface area contributed by atoms with Gasteiger partial charge in [-0.1, -0.05) is 18.2 Å². The van der Waals surface area contributed by atoms with Crippen molar-refractivity contribution in [2.45, 2.75) is 25.9 Å². The average Bonchev–Trinajstić information content (AvgIpc) is 2.43. The Morgan fingerprint density at radius 2 is 2.05 bits per heavy atom. The molecule has 5 nitrogen and oxygen atoms in total. The molecule has 0 unspecified atom stereocenters. The molecule has 1 heterocycles. The van der Waals surface area contributed by atoms with E-state index in [0.29, 0.717) is 13.1 Å². The first-order chi connectivity index (χ1) is 9.92. The second-order valence-electron chi connectivity index (χ2n) is 6.35. The fourth-order valence-electron chi connectivity index (χ4n) is 2.69. The second-order valence-corrected chi connectivity index (χ2v) is 6.35. The van der Waals surface area contributed by atoms with E-state index in [0.717, 1.165) is 30.9 Å². The number of benzene rings is 1. The van der Waals surface area contributed by atoms with Gasteiger partial charge in [-0.2, -0.15) is 0 Å². The van der Waals surface area contributed by atoms with Gasteiger partial charge in [-0.15, -0.1) is 0 Å². The van der Waals surface area contributed by atoms with Crippen molar-refractivity contribution in [1.29, 1.82) is 0 Å². The predicted molar refractivity (Wildman–Crippen MR) is 86.1 cm³/mol. The number of likely N-dealkylation sites (N-methyl/N-ethyl adjacent to an activating group) is 1. The van der Waals surface area contributed by atoms with Crippen LogP contribution in [0.3, 0.4) is 0 Å². The van der Waals surface area contributed by atoms with Gasteiger partial charge in [0.1, 0.15) is 0 Å². The van der Waals surface area contributed by atoms with Crippen molar-refractivity contribution in [3.05, 3.63) is 29.8 Å². The first-order valence-corrected chi connectivity index (χ1v) is 7.44. The van der Waals surface area contributed by atoms with Crippen LogP contribution in [0.25, 0.3) is 0 Å². The highest BCUT2D eigenvalue weighted by molar-refractivity contribution is 5.93. The van der Waals surface area contributed by atoms with E-state index in [1.807, 2.05) is 24.3 Å². The lowest BCUT2D eigenvalue weighted by Crippen LogP contribution is -2.58. The van der Waals surface area contributed by atoms with Crippen LogP contribution in [-0.2, 0) is 11.3 Å². The van der Waals surface area contributed by atoms with Crippen molar-refractivity contribution < 1.29 is 4.79 Å². The van der Waals surface area contributed by atoms with E-state index < -0.39 is 0 Å². The molecule has 1 amide bonds. The number of rotatable bonds is 4. The lowest BCUT2D eigenvalue weighted by atomic mass is 10.00. The Morgan fingerprint density at radius 3 is 2.71 bits per heavy atom. The summed E-state index contributed by atoms with van der Waals surface area (Å²) in [4.78, 5) is 16.8. The summed E-state index contributed by atoms with van der Waals surface area (Å²) in [7, 11) is 2.13. The molecule has 1 aromatic carbocycles. The molecule has 3 N–H and O–H groups in total. The zero-order chi connectivity index (χ0) is 15.5. The summed E-state index contributed by atoms with van der Waals surface area (Å²) < 4.78 is 0. The Hall–Kier alpha value is -1.43. The molecule has 1 aliphatic heterocycles. The third-order valence-corrected chi connectivity index (χ3v) is 4.27. The van der Waals surface area contributed by atoms with Gasteiger partial charge in [0.25, 0.3) is 0 Å². The molecule has 0 saturated carbocycles. The van der Waals surface area contributed by atoms with Crippen LogP contribution >= 0.6 is 0 Å². The molecular weight excluding hydrogens is 264 g/mol. The van der Waals surface area contributed by atoms with Gasteiger partial charge in [-0.05, 0) is 32.5 Å². The molecule has 0 aromatic heterocycles. The van der Waals surface area contributed by atoms with E-state index in [9.17, 15) is 4.79 Å². The zero-order valence-electron chi connectivity index (χ0n) is 13.2. The van der Waals surface area contributed by atoms with E-state index in [1.165, 1.54) is 0 Å². The van der Waals surface area contributed by atoms with Crippen LogP contribution in [0.4, 0.5) is 5.69 Å². The van der Waals surface area contributed by atoms with Crippen molar-refractivity contribution in [3.63, 3.8) is 0 Å². The SMILES string of the molecule is CN1CCN(CC(=O)Nc2ccccc2CN)CC1(C)C. The van der Waals surface area contributed by atoms with Crippen LogP contribution in [-0.4, -0.2) is 54.5 Å². The molecule has 1 aromatic rings. The molecule has 0 aliphatic carbocycles. The Morgan fingerprint density at radius 1 is 1.33 bits per heavy atom. The summed E-state index contributed by atoms with van der Waals surface area (Å²) in [6.45, 7) is 8.08. The number of carbonyl (C=O) groups excluding carboxylic acids is 1. The van der Waals surface area contributed by atoms with E-state index in [2.05, 4.69) is 36.0 Å². The number of hydrogen-bond donors (Lipinski definition) is 2. The molecule has 5 heteroatoms. The molecule has 0 spiro atoms. The smallest absolute Gasteiger partial charge is 0.238 e. The number of amides is 1. The summed E-state index contributed by atoms with van der Waals surface area (Å²) in [6, 6.07) is 7.68. The fourth-order valence-corrected chi connectivity index (χ4v) is 2.69. The minimum Gasteiger partial charge on any atom is -0.326 e. The minimum absolute atomic E-state index is 0.0243. The summed E-state index contributed by atoms with van der Waals surface area (Å²) in [5, 5.41) is 2.97. The molecule has 21 heavy (non-hydrogen) atoms. The number of carbonyl (C=O) groups is 1. The Kier molecular flexibility index (Phi) is 4.98. The Balaban J connectivity index is 1.93. The van der Waals surface area contributed by atoms with Crippen molar-refractivity contribution in [2.75, 3.05) is 38.5 Å². The molecule has 116 valence electrons. The number of anilines is 1. The average molecular weight is 290 g/mol. The van der Waals surface area contributed by atoms with Gasteiger partial charge in [-0.25, -0.2) is 0 Å². The van der Waals surface area contributed by atoms with Crippen molar-refractivity contribution >= 4 is 11.6 Å². The van der Waals surface area contributed by atoms with Gasteiger partial charge in [0, 0.05) is 37.4 Å². The molecule has 0 radical (unpaired) electrons. The number of piperazine rings is 1. The second kappa shape index (κ2) is 6.56. The predicted octanol–water partition coefficient (Wildman–Crippen LogP) is 1.11. The maximum Gasteiger partial charge on any atom is 0.238 e. The summed E-state index contributed by atoms with van der Waals surface area (Å²) >= 11 is 0. The molecule has 1 fully saturated rings. The Bertz CT molecular complexity index is 501. The highest BCUT2D eigenvalue weighted by Crippen LogP contribution is 2.19. The zero-order valence-corrected chi connectivity index (χ0v) is 13.2. The normalized spacial score (nSPS) is 19.4. The number of hydrogen-bond acceptors (Lipinski definition) is 4. The van der Waals surface area contributed by atoms with Crippen LogP contribution in [0.1, 0.15) is 19.4 Å². The van der Waals surface area contributed by atoms with Gasteiger partial charge < -0.3 is 11.1 Å². The van der Waals surface area contributed by atoms with Gasteiger partial charge in [0.05, 0.1) is 6.54 Å². The largest absolute Gasteiger partial charge is 0.326 e. The molecule has 0 atom stereocenters. The topological polar surface area (TPSA) is 61.6 Å². The summed E-state index contributed by atoms with van der Waals surface area (Å²) in [5.41, 5.74) is 7.58. The molecule has 0 bridgehead atoms. The van der Waals surface area contributed by atoms with E-state index in [4.69, 9.17) is 5.73 Å². The molecule has 1 aliphatic rings. The van der Waals surface area contributed by atoms with Gasteiger partial charge in [0.15, 0.2) is 0 Å². The Labute approximate surface area is 127 Å². The van der Waals surface area contributed by atoms with Crippen LogP contribution in [0.2, 0.25) is 0 Å². The third kappa shape index (κ3) is 4.03. The number of nitrogens with zero attached hydrogens (tertiary/aromatic N) is 2. The van der Waals surface area contributed by atoms with E-state index >= 15 is 0 Å². The standard InChI is InChI=1S/C16H26N4O/c1-16(2)12-20(9-8-19(16)3)11-15(21)18-14-7-5-4-6-13(14)10-17/h4-7H,8-12,17H2,1-3H3,(H,18,21). The lowest BCUT2D eigenvalue weighted by molar-refractivity contribution is -0.118. The number of nitrogens with two attached hydrogens (primary N) is 1. The minimum atomic E-state index is 0.0243. The van der Waals surface area contributed by atoms with Crippen LogP contribution in [0.15, 0.2) is 24.3 Å².